The predicted molar refractivity (Wildman–Crippen MR) is 177 cm³/mol. The molecule has 3 heteroatoms. The van der Waals surface area contributed by atoms with Crippen molar-refractivity contribution >= 4 is 10.8 Å². The summed E-state index contributed by atoms with van der Waals surface area (Å²) in [5, 5.41) is 2.57. The zero-order valence-corrected chi connectivity index (χ0v) is 24.1. The second-order valence-electron chi connectivity index (χ2n) is 11.7. The monoisotopic (exact) mass is 551 g/mol. The Labute approximate surface area is 251 Å². The van der Waals surface area contributed by atoms with Crippen LogP contribution in [0.5, 0.6) is 0 Å². The summed E-state index contributed by atoms with van der Waals surface area (Å²) in [7, 11) is 0. The van der Waals surface area contributed by atoms with Gasteiger partial charge in [0.15, 0.2) is 5.82 Å². The van der Waals surface area contributed by atoms with Gasteiger partial charge in [0.2, 0.25) is 0 Å². The van der Waals surface area contributed by atoms with Crippen molar-refractivity contribution < 1.29 is 0 Å². The molecule has 0 aliphatic heterocycles. The molecule has 204 valence electrons. The van der Waals surface area contributed by atoms with E-state index in [4.69, 9.17) is 9.97 Å². The number of aromatic nitrogens is 3. The van der Waals surface area contributed by atoms with Gasteiger partial charge in [-0.05, 0) is 74.5 Å². The zero-order chi connectivity index (χ0) is 29.0. The van der Waals surface area contributed by atoms with Crippen LogP contribution < -0.4 is 0 Å². The normalized spacial score (nSPS) is 13.1. The van der Waals surface area contributed by atoms with E-state index in [1.54, 1.807) is 12.4 Å². The summed E-state index contributed by atoms with van der Waals surface area (Å²) in [5.41, 5.74) is 12.7. The maximum atomic E-state index is 5.01. The molecular weight excluding hydrogens is 522 g/mol. The standard InChI is InChI=1S/C40H29N3/c1-40(2)34-14-8-13-32(38(34)33-23-30-11-6-7-12-31(30)24-35(33)40)26-15-17-27(18-16-26)36-25-37(28-19-21-41-22-20-28)43-39(42-36)29-9-4-3-5-10-29/h3-25H,1-2H3. The lowest BCUT2D eigenvalue weighted by molar-refractivity contribution is 0.661. The molecule has 5 aromatic carbocycles. The van der Waals surface area contributed by atoms with Crippen molar-refractivity contribution in [2.24, 2.45) is 0 Å². The SMILES string of the molecule is CC1(C)c2cc3ccccc3cc2-c2c(-c3ccc(-c4cc(-c5ccncc5)nc(-c5ccccc5)n4)cc3)cccc21. The van der Waals surface area contributed by atoms with Gasteiger partial charge < -0.3 is 0 Å². The van der Waals surface area contributed by atoms with Crippen LogP contribution in [0.25, 0.3) is 66.9 Å². The lowest BCUT2D eigenvalue weighted by atomic mass is 9.81. The van der Waals surface area contributed by atoms with Gasteiger partial charge >= 0.3 is 0 Å². The van der Waals surface area contributed by atoms with Gasteiger partial charge in [0.25, 0.3) is 0 Å². The van der Waals surface area contributed by atoms with Gasteiger partial charge in [0.1, 0.15) is 0 Å². The Kier molecular flexibility index (Phi) is 5.80. The van der Waals surface area contributed by atoms with Gasteiger partial charge in [0.05, 0.1) is 11.4 Å². The second-order valence-corrected chi connectivity index (χ2v) is 11.7. The molecule has 0 radical (unpaired) electrons. The van der Waals surface area contributed by atoms with Crippen molar-refractivity contribution in [3.05, 3.63) is 151 Å². The maximum absolute atomic E-state index is 5.01. The summed E-state index contributed by atoms with van der Waals surface area (Å²) in [6.07, 6.45) is 3.60. The number of hydrogen-bond donors (Lipinski definition) is 0. The van der Waals surface area contributed by atoms with Crippen LogP contribution in [-0.4, -0.2) is 15.0 Å². The van der Waals surface area contributed by atoms with E-state index in [0.29, 0.717) is 5.82 Å². The smallest absolute Gasteiger partial charge is 0.160 e. The van der Waals surface area contributed by atoms with Crippen LogP contribution >= 0.6 is 0 Å². The van der Waals surface area contributed by atoms with Crippen molar-refractivity contribution in [3.8, 4) is 56.2 Å². The lowest BCUT2D eigenvalue weighted by Crippen LogP contribution is -2.14. The third kappa shape index (κ3) is 4.24. The molecular formula is C40H29N3. The quantitative estimate of drug-likeness (QED) is 0.218. The first kappa shape index (κ1) is 25.3. The maximum Gasteiger partial charge on any atom is 0.160 e. The van der Waals surface area contributed by atoms with E-state index in [-0.39, 0.29) is 5.41 Å². The fourth-order valence-electron chi connectivity index (χ4n) is 6.52. The largest absolute Gasteiger partial charge is 0.265 e. The van der Waals surface area contributed by atoms with Crippen LogP contribution in [0.1, 0.15) is 25.0 Å². The van der Waals surface area contributed by atoms with Gasteiger partial charge in [-0.25, -0.2) is 9.97 Å². The number of hydrogen-bond acceptors (Lipinski definition) is 3. The van der Waals surface area contributed by atoms with Gasteiger partial charge in [0, 0.05) is 34.5 Å². The molecule has 7 aromatic rings. The molecule has 3 nitrogen and oxygen atoms in total. The average molecular weight is 552 g/mol. The molecule has 8 rings (SSSR count). The summed E-state index contributed by atoms with van der Waals surface area (Å²) < 4.78 is 0. The number of pyridine rings is 1. The number of fused-ring (bicyclic) bond motifs is 4. The first-order valence-electron chi connectivity index (χ1n) is 14.7. The van der Waals surface area contributed by atoms with Crippen molar-refractivity contribution in [1.82, 2.24) is 15.0 Å². The molecule has 0 saturated carbocycles. The third-order valence-electron chi connectivity index (χ3n) is 8.79. The topological polar surface area (TPSA) is 38.7 Å². The first-order valence-corrected chi connectivity index (χ1v) is 14.7. The molecule has 0 spiro atoms. The molecule has 0 atom stereocenters. The van der Waals surface area contributed by atoms with Crippen LogP contribution in [0.4, 0.5) is 0 Å². The summed E-state index contributed by atoms with van der Waals surface area (Å²) >= 11 is 0. The number of benzene rings is 5. The Bertz CT molecular complexity index is 2070. The molecule has 0 N–H and O–H groups in total. The number of nitrogens with zero attached hydrogens (tertiary/aromatic N) is 3. The van der Waals surface area contributed by atoms with E-state index < -0.39 is 0 Å². The molecule has 2 aromatic heterocycles. The van der Waals surface area contributed by atoms with E-state index >= 15 is 0 Å². The van der Waals surface area contributed by atoms with Gasteiger partial charge in [-0.2, -0.15) is 0 Å². The minimum Gasteiger partial charge on any atom is -0.265 e. The molecule has 0 bridgehead atoms. The summed E-state index contributed by atoms with van der Waals surface area (Å²) in [4.78, 5) is 14.1. The minimum absolute atomic E-state index is 0.0667. The highest BCUT2D eigenvalue weighted by molar-refractivity contribution is 5.98. The molecule has 0 fully saturated rings. The van der Waals surface area contributed by atoms with E-state index in [0.717, 1.165) is 28.1 Å². The third-order valence-corrected chi connectivity index (χ3v) is 8.79. The average Bonchev–Trinajstić information content (AvgIpc) is 3.30. The Morgan fingerprint density at radius 2 is 1.09 bits per heavy atom. The predicted octanol–water partition coefficient (Wildman–Crippen LogP) is 10.00. The van der Waals surface area contributed by atoms with Crippen LogP contribution in [0.2, 0.25) is 0 Å². The summed E-state index contributed by atoms with van der Waals surface area (Å²) in [6.45, 7) is 4.69. The highest BCUT2D eigenvalue weighted by atomic mass is 14.9. The van der Waals surface area contributed by atoms with E-state index in [9.17, 15) is 0 Å². The zero-order valence-electron chi connectivity index (χ0n) is 24.1. The van der Waals surface area contributed by atoms with Crippen LogP contribution in [0.3, 0.4) is 0 Å². The highest BCUT2D eigenvalue weighted by Crippen LogP contribution is 2.53. The highest BCUT2D eigenvalue weighted by Gasteiger charge is 2.37. The van der Waals surface area contributed by atoms with Gasteiger partial charge in [-0.1, -0.05) is 111 Å². The van der Waals surface area contributed by atoms with Crippen molar-refractivity contribution in [2.75, 3.05) is 0 Å². The molecule has 0 unspecified atom stereocenters. The van der Waals surface area contributed by atoms with Crippen molar-refractivity contribution in [3.63, 3.8) is 0 Å². The van der Waals surface area contributed by atoms with Crippen LogP contribution in [0, 0.1) is 0 Å². The van der Waals surface area contributed by atoms with Crippen LogP contribution in [0.15, 0.2) is 140 Å². The Balaban J connectivity index is 1.24. The molecule has 2 heterocycles. The van der Waals surface area contributed by atoms with E-state index in [1.165, 1.54) is 44.2 Å². The van der Waals surface area contributed by atoms with Gasteiger partial charge in [-0.3, -0.25) is 4.98 Å². The second kappa shape index (κ2) is 9.85. The molecule has 43 heavy (non-hydrogen) atoms. The van der Waals surface area contributed by atoms with E-state index in [1.807, 2.05) is 30.3 Å². The van der Waals surface area contributed by atoms with Crippen molar-refractivity contribution in [2.45, 2.75) is 19.3 Å². The fraction of sp³-hybridized carbons (Fsp3) is 0.0750. The van der Waals surface area contributed by atoms with Gasteiger partial charge in [-0.15, -0.1) is 0 Å². The lowest BCUT2D eigenvalue weighted by Gasteiger charge is -2.22. The minimum atomic E-state index is -0.0667. The summed E-state index contributed by atoms with van der Waals surface area (Å²) in [6, 6.07) is 45.2. The van der Waals surface area contributed by atoms with Crippen LogP contribution in [-0.2, 0) is 5.41 Å². The van der Waals surface area contributed by atoms with Crippen molar-refractivity contribution in [1.29, 1.82) is 0 Å². The molecule has 0 amide bonds. The molecule has 1 aliphatic carbocycles. The Morgan fingerprint density at radius 1 is 0.465 bits per heavy atom. The fourth-order valence-corrected chi connectivity index (χ4v) is 6.52. The number of rotatable bonds is 4. The summed E-state index contributed by atoms with van der Waals surface area (Å²) in [5.74, 6) is 0.709. The molecule has 1 aliphatic rings. The Hall–Kier alpha value is -5.41. The Morgan fingerprint density at radius 3 is 1.81 bits per heavy atom. The molecule has 0 saturated heterocycles. The van der Waals surface area contributed by atoms with E-state index in [2.05, 4.69) is 116 Å². The first-order chi connectivity index (χ1) is 21.1.